The molecule has 5 unspecified atom stereocenters. The van der Waals surface area contributed by atoms with E-state index in [-0.39, 0.29) is 6.04 Å². The Bertz CT molecular complexity index is 194. The molecule has 0 aliphatic rings. The van der Waals surface area contributed by atoms with Gasteiger partial charge in [0.25, 0.3) is 0 Å². The third-order valence-corrected chi connectivity index (χ3v) is 2.68. The number of aliphatic hydroxyl groups excluding tert-OH is 2. The summed E-state index contributed by atoms with van der Waals surface area (Å²) >= 11 is 0. The molecule has 0 saturated carbocycles. The van der Waals surface area contributed by atoms with Gasteiger partial charge in [-0.2, -0.15) is 0 Å². The molecule has 17 heavy (non-hydrogen) atoms. The summed E-state index contributed by atoms with van der Waals surface area (Å²) in [7, 11) is 0. The Balaban J connectivity index is 4.23. The highest BCUT2D eigenvalue weighted by Crippen LogP contribution is 2.03. The Kier molecular flexibility index (Phi) is 8.61. The van der Waals surface area contributed by atoms with Gasteiger partial charge in [0, 0.05) is 24.7 Å². The van der Waals surface area contributed by atoms with Crippen molar-refractivity contribution in [1.82, 2.24) is 5.32 Å². The largest absolute Gasteiger partial charge is 0.377 e. The third-order valence-electron chi connectivity index (χ3n) is 2.68. The van der Waals surface area contributed by atoms with E-state index in [1.54, 1.807) is 0 Å². The maximum absolute atomic E-state index is 9.78. The lowest BCUT2D eigenvalue weighted by molar-refractivity contribution is 0.0469. The van der Waals surface area contributed by atoms with Crippen LogP contribution in [-0.2, 0) is 0 Å². The van der Waals surface area contributed by atoms with Crippen molar-refractivity contribution in [3.8, 4) is 0 Å². The van der Waals surface area contributed by atoms with E-state index in [9.17, 15) is 10.2 Å². The van der Waals surface area contributed by atoms with Crippen LogP contribution in [0, 0.1) is 0 Å². The molecule has 5 atom stereocenters. The molecule has 7 heteroatoms. The maximum atomic E-state index is 9.78. The Hall–Kier alpha value is -0.280. The minimum Gasteiger partial charge on any atom is -0.377 e. The molecule has 0 fully saturated rings. The van der Waals surface area contributed by atoms with Crippen LogP contribution in [0.2, 0.25) is 0 Å². The van der Waals surface area contributed by atoms with Crippen LogP contribution < -0.4 is 28.3 Å². The van der Waals surface area contributed by atoms with Crippen molar-refractivity contribution >= 4 is 0 Å². The van der Waals surface area contributed by atoms with Crippen molar-refractivity contribution < 1.29 is 10.2 Å². The van der Waals surface area contributed by atoms with E-state index in [4.69, 9.17) is 22.9 Å². The van der Waals surface area contributed by atoms with Crippen molar-refractivity contribution in [1.29, 1.82) is 0 Å². The van der Waals surface area contributed by atoms with Crippen LogP contribution >= 0.6 is 0 Å². The molecule has 104 valence electrons. The van der Waals surface area contributed by atoms with Crippen LogP contribution in [0.1, 0.15) is 26.2 Å². The normalized spacial score (nSPS) is 20.6. The third kappa shape index (κ3) is 6.89. The minimum atomic E-state index is -1.11. The molecule has 0 rings (SSSR count). The van der Waals surface area contributed by atoms with Gasteiger partial charge in [-0.1, -0.05) is 13.3 Å². The second-order valence-corrected chi connectivity index (χ2v) is 4.39. The van der Waals surface area contributed by atoms with Gasteiger partial charge in [-0.3, -0.25) is 5.32 Å². The highest BCUT2D eigenvalue weighted by atomic mass is 16.3. The molecule has 0 aliphatic carbocycles. The Labute approximate surface area is 103 Å². The van der Waals surface area contributed by atoms with Crippen molar-refractivity contribution in [3.63, 3.8) is 0 Å². The van der Waals surface area contributed by atoms with Crippen LogP contribution in [-0.4, -0.2) is 47.3 Å². The highest BCUT2D eigenvalue weighted by Gasteiger charge is 2.23. The fourth-order valence-corrected chi connectivity index (χ4v) is 1.56. The lowest BCUT2D eigenvalue weighted by Crippen LogP contribution is -2.56. The quantitative estimate of drug-likeness (QED) is 0.220. The van der Waals surface area contributed by atoms with E-state index < -0.39 is 24.5 Å². The van der Waals surface area contributed by atoms with Crippen LogP contribution in [0.4, 0.5) is 0 Å². The second kappa shape index (κ2) is 8.76. The topological polar surface area (TPSA) is 157 Å². The molecule has 0 spiro atoms. The molecule has 0 aromatic carbocycles. The van der Waals surface area contributed by atoms with Crippen LogP contribution in [0.5, 0.6) is 0 Å². The summed E-state index contributed by atoms with van der Waals surface area (Å²) in [6.45, 7) is 2.27. The van der Waals surface area contributed by atoms with Crippen molar-refractivity contribution in [2.75, 3.05) is 6.54 Å². The monoisotopic (exact) mass is 249 g/mol. The number of hydrogen-bond donors (Lipinski definition) is 7. The highest BCUT2D eigenvalue weighted by molar-refractivity contribution is 4.81. The first-order chi connectivity index (χ1) is 7.92. The van der Waals surface area contributed by atoms with Crippen molar-refractivity contribution in [2.45, 2.75) is 56.8 Å². The smallest absolute Gasteiger partial charge is 0.120 e. The first-order valence-electron chi connectivity index (χ1n) is 6.01. The van der Waals surface area contributed by atoms with Crippen LogP contribution in [0.15, 0.2) is 0 Å². The molecule has 0 heterocycles. The number of hydrogen-bond acceptors (Lipinski definition) is 7. The molecule has 0 bridgehead atoms. The van der Waals surface area contributed by atoms with E-state index >= 15 is 0 Å². The Morgan fingerprint density at radius 1 is 1.18 bits per heavy atom. The first kappa shape index (κ1) is 16.7. The zero-order valence-electron chi connectivity index (χ0n) is 10.4. The average molecular weight is 249 g/mol. The van der Waals surface area contributed by atoms with Gasteiger partial charge in [0.15, 0.2) is 0 Å². The van der Waals surface area contributed by atoms with E-state index in [0.717, 1.165) is 6.42 Å². The van der Waals surface area contributed by atoms with Crippen molar-refractivity contribution in [3.05, 3.63) is 0 Å². The Morgan fingerprint density at radius 3 is 2.18 bits per heavy atom. The molecular weight excluding hydrogens is 222 g/mol. The van der Waals surface area contributed by atoms with Gasteiger partial charge in [0.1, 0.15) is 12.5 Å². The molecule has 7 nitrogen and oxygen atoms in total. The van der Waals surface area contributed by atoms with E-state index in [1.807, 2.05) is 6.92 Å². The fraction of sp³-hybridized carbons (Fsp3) is 1.00. The maximum Gasteiger partial charge on any atom is 0.120 e. The van der Waals surface area contributed by atoms with Gasteiger partial charge in [0.2, 0.25) is 0 Å². The summed E-state index contributed by atoms with van der Waals surface area (Å²) in [4.78, 5) is 0. The summed E-state index contributed by atoms with van der Waals surface area (Å²) in [5.41, 5.74) is 22.2. The molecule has 0 amide bonds. The first-order valence-corrected chi connectivity index (χ1v) is 6.01. The predicted molar refractivity (Wildman–Crippen MR) is 67.7 cm³/mol. The van der Waals surface area contributed by atoms with E-state index in [1.165, 1.54) is 0 Å². The minimum absolute atomic E-state index is 0.278. The zero-order valence-corrected chi connectivity index (χ0v) is 10.4. The number of rotatable bonds is 9. The molecule has 0 saturated heterocycles. The van der Waals surface area contributed by atoms with Gasteiger partial charge in [0.05, 0.1) is 0 Å². The van der Waals surface area contributed by atoms with Gasteiger partial charge in [-0.25, -0.2) is 0 Å². The zero-order chi connectivity index (χ0) is 13.4. The molecule has 11 N–H and O–H groups in total. The fourth-order valence-electron chi connectivity index (χ4n) is 1.56. The van der Waals surface area contributed by atoms with E-state index in [2.05, 4.69) is 5.32 Å². The van der Waals surface area contributed by atoms with E-state index in [0.29, 0.717) is 19.4 Å². The van der Waals surface area contributed by atoms with Crippen LogP contribution in [0.3, 0.4) is 0 Å². The molecule has 0 aliphatic heterocycles. The number of aliphatic hydroxyl groups is 2. The lowest BCUT2D eigenvalue weighted by atomic mass is 10.0. The van der Waals surface area contributed by atoms with Crippen LogP contribution in [0.25, 0.3) is 0 Å². The standard InChI is InChI=1S/C10H27N5O2/c1-2-3-7(13)10(17)15-8(9(14)16)4-6(12)5-11/h6-10,15-17H,2-5,11-14H2,1H3. The van der Waals surface area contributed by atoms with Crippen molar-refractivity contribution in [2.24, 2.45) is 22.9 Å². The number of nitrogens with two attached hydrogens (primary N) is 4. The Morgan fingerprint density at radius 2 is 1.76 bits per heavy atom. The molecular formula is C10H27N5O2. The van der Waals surface area contributed by atoms with Gasteiger partial charge < -0.3 is 33.1 Å². The predicted octanol–water partition coefficient (Wildman–Crippen LogP) is -2.66. The molecule has 0 aromatic heterocycles. The molecule has 0 aromatic rings. The average Bonchev–Trinajstić information content (AvgIpc) is 2.27. The summed E-state index contributed by atoms with van der Waals surface area (Å²) in [5.74, 6) is 0. The summed E-state index contributed by atoms with van der Waals surface area (Å²) in [6, 6.07) is -1.19. The van der Waals surface area contributed by atoms with Gasteiger partial charge >= 0.3 is 0 Å². The lowest BCUT2D eigenvalue weighted by Gasteiger charge is -2.29. The summed E-state index contributed by atoms with van der Waals surface area (Å²) < 4.78 is 0. The number of nitrogens with one attached hydrogen (secondary N) is 1. The second-order valence-electron chi connectivity index (χ2n) is 4.39. The summed E-state index contributed by atoms with van der Waals surface area (Å²) in [6.07, 6.45) is -0.0914. The molecule has 0 radical (unpaired) electrons. The van der Waals surface area contributed by atoms with Gasteiger partial charge in [-0.05, 0) is 12.8 Å². The SMILES string of the molecule is CCCC(N)C(O)NC(CC(N)CN)C(N)O. The van der Waals surface area contributed by atoms with Gasteiger partial charge in [-0.15, -0.1) is 0 Å². The summed E-state index contributed by atoms with van der Waals surface area (Å²) in [5, 5.41) is 21.9.